The van der Waals surface area contributed by atoms with Gasteiger partial charge in [0.05, 0.1) is 13.2 Å². The summed E-state index contributed by atoms with van der Waals surface area (Å²) in [7, 11) is 0. The number of carbonyl (C=O) groups excluding carboxylic acids is 3. The number of ketones is 1. The number of nitrogens with one attached hydrogen (secondary N) is 2. The zero-order valence-electron chi connectivity index (χ0n) is 12.9. The molecule has 0 saturated carbocycles. The van der Waals surface area contributed by atoms with Crippen LogP contribution in [0, 0.1) is 0 Å². The number of aliphatic hydroxyl groups excluding tert-OH is 1. The quantitative estimate of drug-likeness (QED) is 0.625. The lowest BCUT2D eigenvalue weighted by molar-refractivity contribution is -0.133. The molecule has 126 valence electrons. The van der Waals surface area contributed by atoms with Crippen molar-refractivity contribution in [3.63, 3.8) is 0 Å². The predicted octanol–water partition coefficient (Wildman–Crippen LogP) is -0.666. The van der Waals surface area contributed by atoms with Crippen LogP contribution < -0.4 is 10.6 Å². The molecule has 1 atom stereocenters. The maximum atomic E-state index is 12.2. The van der Waals surface area contributed by atoms with Crippen molar-refractivity contribution in [1.82, 2.24) is 10.6 Å². The van der Waals surface area contributed by atoms with Crippen molar-refractivity contribution in [3.05, 3.63) is 11.8 Å². The van der Waals surface area contributed by atoms with Crippen LogP contribution >= 0.6 is 11.8 Å². The highest BCUT2D eigenvalue weighted by molar-refractivity contribution is 8.14. The van der Waals surface area contributed by atoms with E-state index in [1.807, 2.05) is 0 Å². The number of ether oxygens (including phenoxy) is 1. The van der Waals surface area contributed by atoms with Gasteiger partial charge in [-0.1, -0.05) is 11.8 Å². The first-order chi connectivity index (χ1) is 10.8. The molecular weight excluding hydrogens is 322 g/mol. The van der Waals surface area contributed by atoms with Gasteiger partial charge in [-0.05, 0) is 13.8 Å². The Bertz CT molecular complexity index is 585. The molecule has 2 aliphatic rings. The number of amides is 2. The number of hydrogen-bond acceptors (Lipinski definition) is 7. The molecule has 0 aromatic carbocycles. The second-order valence-corrected chi connectivity index (χ2v) is 6.83. The van der Waals surface area contributed by atoms with E-state index in [0.29, 0.717) is 11.7 Å². The third kappa shape index (κ3) is 4.80. The Morgan fingerprint density at radius 3 is 2.83 bits per heavy atom. The number of amidine groups is 1. The molecule has 0 aliphatic carbocycles. The summed E-state index contributed by atoms with van der Waals surface area (Å²) in [6.45, 7) is 3.42. The van der Waals surface area contributed by atoms with E-state index < -0.39 is 30.1 Å². The van der Waals surface area contributed by atoms with Crippen molar-refractivity contribution in [2.45, 2.75) is 31.9 Å². The molecule has 0 unspecified atom stereocenters. The first-order valence-electron chi connectivity index (χ1n) is 7.14. The molecule has 9 heteroatoms. The van der Waals surface area contributed by atoms with Crippen LogP contribution in [0.3, 0.4) is 0 Å². The maximum Gasteiger partial charge on any atom is 0.287 e. The molecule has 2 aliphatic heterocycles. The summed E-state index contributed by atoms with van der Waals surface area (Å²) in [5, 5.41) is 14.7. The maximum absolute atomic E-state index is 12.2. The molecule has 8 nitrogen and oxygen atoms in total. The number of carbonyl (C=O) groups is 3. The highest BCUT2D eigenvalue weighted by Crippen LogP contribution is 2.24. The van der Waals surface area contributed by atoms with Gasteiger partial charge in [-0.3, -0.25) is 19.4 Å². The van der Waals surface area contributed by atoms with E-state index in [9.17, 15) is 19.5 Å². The van der Waals surface area contributed by atoms with Gasteiger partial charge in [-0.2, -0.15) is 0 Å². The van der Waals surface area contributed by atoms with E-state index >= 15 is 0 Å². The summed E-state index contributed by atoms with van der Waals surface area (Å²) >= 11 is 1.39. The Kier molecular flexibility index (Phi) is 5.42. The molecule has 0 fully saturated rings. The summed E-state index contributed by atoms with van der Waals surface area (Å²) in [6.07, 6.45) is 1.27. The SMILES string of the molecule is CC1(C)CC(=O)C=C(C(=O)N[C@@H](CO)C(=O)NC2=NCCS2)O1. The van der Waals surface area contributed by atoms with Gasteiger partial charge in [0.25, 0.3) is 11.8 Å². The Balaban J connectivity index is 1.99. The lowest BCUT2D eigenvalue weighted by atomic mass is 9.98. The molecule has 23 heavy (non-hydrogen) atoms. The minimum absolute atomic E-state index is 0.162. The van der Waals surface area contributed by atoms with Crippen molar-refractivity contribution >= 4 is 34.5 Å². The monoisotopic (exact) mass is 341 g/mol. The fourth-order valence-corrected chi connectivity index (χ4v) is 2.85. The van der Waals surface area contributed by atoms with Crippen LogP contribution in [-0.2, 0) is 19.1 Å². The highest BCUT2D eigenvalue weighted by Gasteiger charge is 2.33. The number of allylic oxidation sites excluding steroid dienone is 1. The Morgan fingerprint density at radius 2 is 2.26 bits per heavy atom. The summed E-state index contributed by atoms with van der Waals surface area (Å²) in [5.41, 5.74) is -0.787. The number of aliphatic imine (C=N–C) groups is 1. The smallest absolute Gasteiger partial charge is 0.287 e. The van der Waals surface area contributed by atoms with E-state index in [0.717, 1.165) is 11.8 Å². The Hall–Kier alpha value is -1.87. The third-order valence-electron chi connectivity index (χ3n) is 3.12. The molecular formula is C14H19N3O5S. The molecule has 2 rings (SSSR count). The number of nitrogens with zero attached hydrogens (tertiary/aromatic N) is 1. The number of hydrogen-bond donors (Lipinski definition) is 3. The molecule has 3 N–H and O–H groups in total. The van der Waals surface area contributed by atoms with E-state index in [4.69, 9.17) is 4.74 Å². The minimum atomic E-state index is -1.16. The summed E-state index contributed by atoms with van der Waals surface area (Å²) in [5.74, 6) is -0.903. The van der Waals surface area contributed by atoms with E-state index in [1.54, 1.807) is 13.8 Å². The summed E-state index contributed by atoms with van der Waals surface area (Å²) < 4.78 is 5.45. The fourth-order valence-electron chi connectivity index (χ4n) is 2.12. The fraction of sp³-hybridized carbons (Fsp3) is 0.571. The van der Waals surface area contributed by atoms with Gasteiger partial charge in [-0.25, -0.2) is 0 Å². The van der Waals surface area contributed by atoms with Gasteiger partial charge >= 0.3 is 0 Å². The largest absolute Gasteiger partial charge is 0.482 e. The highest BCUT2D eigenvalue weighted by atomic mass is 32.2. The molecule has 0 radical (unpaired) electrons. The van der Waals surface area contributed by atoms with Crippen LogP contribution in [0.4, 0.5) is 0 Å². The molecule has 0 aromatic heterocycles. The molecule has 2 heterocycles. The second kappa shape index (κ2) is 7.14. The lowest BCUT2D eigenvalue weighted by Crippen LogP contribution is -2.51. The molecule has 0 saturated heterocycles. The van der Waals surface area contributed by atoms with Crippen LogP contribution in [0.5, 0.6) is 0 Å². The standard InChI is InChI=1S/C14H19N3O5S/c1-14(2)6-8(19)5-10(22-14)12(21)16-9(7-18)11(20)17-13-15-3-4-23-13/h5,9,18H,3-4,6-7H2,1-2H3,(H,16,21)(H,15,17,20)/t9-/m0/s1. The van der Waals surface area contributed by atoms with Gasteiger partial charge in [0, 0.05) is 18.2 Å². The van der Waals surface area contributed by atoms with E-state index in [1.165, 1.54) is 11.8 Å². The van der Waals surface area contributed by atoms with Crippen LogP contribution in [0.15, 0.2) is 16.8 Å². The van der Waals surface area contributed by atoms with Crippen molar-refractivity contribution in [3.8, 4) is 0 Å². The molecule has 0 spiro atoms. The van der Waals surface area contributed by atoms with Crippen LogP contribution in [-0.4, -0.2) is 58.4 Å². The first kappa shape index (κ1) is 17.5. The number of thioether (sulfide) groups is 1. The zero-order valence-corrected chi connectivity index (χ0v) is 13.7. The average Bonchev–Trinajstić information content (AvgIpc) is 2.94. The molecule has 0 bridgehead atoms. The second-order valence-electron chi connectivity index (χ2n) is 5.75. The van der Waals surface area contributed by atoms with Crippen LogP contribution in [0.1, 0.15) is 20.3 Å². The van der Waals surface area contributed by atoms with Gasteiger partial charge < -0.3 is 20.5 Å². The number of aliphatic hydroxyl groups is 1. The van der Waals surface area contributed by atoms with Crippen molar-refractivity contribution in [2.24, 2.45) is 4.99 Å². The average molecular weight is 341 g/mol. The van der Waals surface area contributed by atoms with E-state index in [-0.39, 0.29) is 18.0 Å². The van der Waals surface area contributed by atoms with Crippen LogP contribution in [0.2, 0.25) is 0 Å². The van der Waals surface area contributed by atoms with Gasteiger partial charge in [0.2, 0.25) is 0 Å². The van der Waals surface area contributed by atoms with Crippen molar-refractivity contribution in [1.29, 1.82) is 0 Å². The molecule has 2 amide bonds. The minimum Gasteiger partial charge on any atom is -0.482 e. The summed E-state index contributed by atoms with van der Waals surface area (Å²) in [4.78, 5) is 39.9. The lowest BCUT2D eigenvalue weighted by Gasteiger charge is -2.30. The normalized spacial score (nSPS) is 20.9. The Labute approximate surface area is 137 Å². The van der Waals surface area contributed by atoms with Gasteiger partial charge in [0.1, 0.15) is 11.6 Å². The predicted molar refractivity (Wildman–Crippen MR) is 84.8 cm³/mol. The summed E-state index contributed by atoms with van der Waals surface area (Å²) in [6, 6.07) is -1.16. The Morgan fingerprint density at radius 1 is 1.52 bits per heavy atom. The van der Waals surface area contributed by atoms with Crippen molar-refractivity contribution in [2.75, 3.05) is 18.9 Å². The third-order valence-corrected chi connectivity index (χ3v) is 4.01. The van der Waals surface area contributed by atoms with Gasteiger partial charge in [-0.15, -0.1) is 0 Å². The molecule has 0 aromatic rings. The number of rotatable bonds is 4. The van der Waals surface area contributed by atoms with Crippen LogP contribution in [0.25, 0.3) is 0 Å². The zero-order chi connectivity index (χ0) is 17.0. The topological polar surface area (TPSA) is 117 Å². The first-order valence-corrected chi connectivity index (χ1v) is 8.13. The van der Waals surface area contributed by atoms with Gasteiger partial charge in [0.15, 0.2) is 16.7 Å². The van der Waals surface area contributed by atoms with E-state index in [2.05, 4.69) is 15.6 Å². The van der Waals surface area contributed by atoms with Crippen molar-refractivity contribution < 1.29 is 24.2 Å².